The first-order chi connectivity index (χ1) is 7.19. The van der Waals surface area contributed by atoms with Crippen molar-refractivity contribution in [3.8, 4) is 0 Å². The number of nitrogens with one attached hydrogen (secondary N) is 1. The molecule has 0 bridgehead atoms. The van der Waals surface area contributed by atoms with Crippen LogP contribution in [-0.2, 0) is 0 Å². The summed E-state index contributed by atoms with van der Waals surface area (Å²) in [6, 6.07) is 6.58. The topological polar surface area (TPSA) is 87.7 Å². The third-order valence-corrected chi connectivity index (χ3v) is 1.87. The molecule has 0 saturated carbocycles. The van der Waals surface area contributed by atoms with Crippen LogP contribution >= 0.6 is 0 Å². The zero-order chi connectivity index (χ0) is 11.3. The minimum Gasteiger partial charge on any atom is -0.409 e. The summed E-state index contributed by atoms with van der Waals surface area (Å²) in [6.07, 6.45) is 0. The van der Waals surface area contributed by atoms with Crippen molar-refractivity contribution in [2.24, 2.45) is 10.9 Å². The van der Waals surface area contributed by atoms with Gasteiger partial charge in [0.25, 0.3) is 5.91 Å². The van der Waals surface area contributed by atoms with Crippen molar-refractivity contribution in [3.63, 3.8) is 0 Å². The second-order valence-corrected chi connectivity index (χ2v) is 2.93. The Kier molecular flexibility index (Phi) is 3.68. The van der Waals surface area contributed by atoms with Crippen LogP contribution in [0.3, 0.4) is 0 Å². The lowest BCUT2D eigenvalue weighted by Crippen LogP contribution is -2.23. The van der Waals surface area contributed by atoms with Crippen molar-refractivity contribution in [1.29, 1.82) is 0 Å². The number of rotatable bonds is 3. The van der Waals surface area contributed by atoms with Crippen LogP contribution in [0, 0.1) is 0 Å². The van der Waals surface area contributed by atoms with E-state index in [0.717, 1.165) is 0 Å². The molecule has 0 spiro atoms. The number of carbonyl (C=O) groups excluding carboxylic acids is 1. The summed E-state index contributed by atoms with van der Waals surface area (Å²) >= 11 is 0. The van der Waals surface area contributed by atoms with E-state index in [9.17, 15) is 4.79 Å². The van der Waals surface area contributed by atoms with Gasteiger partial charge >= 0.3 is 0 Å². The summed E-state index contributed by atoms with van der Waals surface area (Å²) in [5.41, 5.74) is 6.41. The fourth-order valence-corrected chi connectivity index (χ4v) is 1.14. The molecule has 0 unspecified atom stereocenters. The summed E-state index contributed by atoms with van der Waals surface area (Å²) in [5, 5.41) is 14.0. The van der Waals surface area contributed by atoms with Crippen molar-refractivity contribution in [1.82, 2.24) is 5.32 Å². The van der Waals surface area contributed by atoms with Crippen LogP contribution in [0.1, 0.15) is 22.8 Å². The highest BCUT2D eigenvalue weighted by Crippen LogP contribution is 2.04. The highest BCUT2D eigenvalue weighted by molar-refractivity contribution is 6.01. The fourth-order valence-electron chi connectivity index (χ4n) is 1.14. The molecular formula is C10H13N3O2. The predicted molar refractivity (Wildman–Crippen MR) is 57.0 cm³/mol. The average molecular weight is 207 g/mol. The maximum atomic E-state index is 11.5. The molecule has 0 fully saturated rings. The number of benzene rings is 1. The van der Waals surface area contributed by atoms with Gasteiger partial charge in [0.1, 0.15) is 0 Å². The Morgan fingerprint density at radius 3 is 2.80 bits per heavy atom. The molecule has 0 aliphatic carbocycles. The van der Waals surface area contributed by atoms with Crippen LogP contribution in [0.4, 0.5) is 0 Å². The normalized spacial score (nSPS) is 11.1. The lowest BCUT2D eigenvalue weighted by molar-refractivity contribution is 0.0956. The Morgan fingerprint density at radius 2 is 2.20 bits per heavy atom. The molecule has 1 aromatic carbocycles. The molecule has 4 N–H and O–H groups in total. The van der Waals surface area contributed by atoms with E-state index in [0.29, 0.717) is 17.7 Å². The fraction of sp³-hybridized carbons (Fsp3) is 0.200. The van der Waals surface area contributed by atoms with Gasteiger partial charge in [-0.3, -0.25) is 4.79 Å². The van der Waals surface area contributed by atoms with Gasteiger partial charge in [-0.2, -0.15) is 0 Å². The molecule has 5 heteroatoms. The van der Waals surface area contributed by atoms with Gasteiger partial charge in [0, 0.05) is 17.7 Å². The van der Waals surface area contributed by atoms with Crippen LogP contribution < -0.4 is 11.1 Å². The Morgan fingerprint density at radius 1 is 1.53 bits per heavy atom. The van der Waals surface area contributed by atoms with Gasteiger partial charge in [-0.25, -0.2) is 0 Å². The molecule has 0 aromatic heterocycles. The Hall–Kier alpha value is -2.04. The standard InChI is InChI=1S/C10H13N3O2/c1-2-12-10(14)8-5-3-4-7(6-8)9(11)13-15/h3-6,15H,2H2,1H3,(H2,11,13)(H,12,14). The summed E-state index contributed by atoms with van der Waals surface area (Å²) < 4.78 is 0. The summed E-state index contributed by atoms with van der Waals surface area (Å²) in [6.45, 7) is 2.40. The second kappa shape index (κ2) is 4.99. The molecule has 0 aliphatic heterocycles. The Labute approximate surface area is 87.6 Å². The molecule has 0 atom stereocenters. The number of hydrogen-bond acceptors (Lipinski definition) is 3. The Bertz CT molecular complexity index is 388. The van der Waals surface area contributed by atoms with Gasteiger partial charge in [0.05, 0.1) is 0 Å². The molecule has 1 rings (SSSR count). The average Bonchev–Trinajstić information content (AvgIpc) is 2.28. The first kappa shape index (κ1) is 11.0. The van der Waals surface area contributed by atoms with Crippen molar-refractivity contribution in [3.05, 3.63) is 35.4 Å². The smallest absolute Gasteiger partial charge is 0.251 e. The van der Waals surface area contributed by atoms with E-state index in [1.165, 1.54) is 0 Å². The van der Waals surface area contributed by atoms with Gasteiger partial charge in [0.2, 0.25) is 0 Å². The van der Waals surface area contributed by atoms with E-state index in [2.05, 4.69) is 10.5 Å². The molecule has 0 aliphatic rings. The van der Waals surface area contributed by atoms with Gasteiger partial charge in [-0.1, -0.05) is 17.3 Å². The Balaban J connectivity index is 2.97. The number of oxime groups is 1. The zero-order valence-electron chi connectivity index (χ0n) is 8.40. The number of amides is 1. The first-order valence-electron chi connectivity index (χ1n) is 4.55. The van der Waals surface area contributed by atoms with Gasteiger partial charge in [0.15, 0.2) is 5.84 Å². The highest BCUT2D eigenvalue weighted by Gasteiger charge is 2.06. The largest absolute Gasteiger partial charge is 0.409 e. The van der Waals surface area contributed by atoms with Gasteiger partial charge < -0.3 is 16.3 Å². The third kappa shape index (κ3) is 2.70. The van der Waals surface area contributed by atoms with E-state index >= 15 is 0 Å². The molecule has 0 saturated heterocycles. The van der Waals surface area contributed by atoms with Crippen molar-refractivity contribution >= 4 is 11.7 Å². The zero-order valence-corrected chi connectivity index (χ0v) is 8.40. The number of amidine groups is 1. The minimum atomic E-state index is -0.176. The van der Waals surface area contributed by atoms with E-state index in [4.69, 9.17) is 10.9 Å². The van der Waals surface area contributed by atoms with E-state index < -0.39 is 0 Å². The molecular weight excluding hydrogens is 194 g/mol. The number of carbonyl (C=O) groups is 1. The van der Waals surface area contributed by atoms with Crippen LogP contribution in [0.25, 0.3) is 0 Å². The summed E-state index contributed by atoms with van der Waals surface area (Å²) in [7, 11) is 0. The lowest BCUT2D eigenvalue weighted by Gasteiger charge is -2.04. The highest BCUT2D eigenvalue weighted by atomic mass is 16.4. The third-order valence-electron chi connectivity index (χ3n) is 1.87. The monoisotopic (exact) mass is 207 g/mol. The SMILES string of the molecule is CCNC(=O)c1cccc(/C(N)=N/O)c1. The van der Waals surface area contributed by atoms with E-state index in [-0.39, 0.29) is 11.7 Å². The maximum Gasteiger partial charge on any atom is 0.251 e. The lowest BCUT2D eigenvalue weighted by atomic mass is 10.1. The molecule has 15 heavy (non-hydrogen) atoms. The van der Waals surface area contributed by atoms with Crippen LogP contribution in [0.15, 0.2) is 29.4 Å². The molecule has 0 heterocycles. The predicted octanol–water partition coefficient (Wildman–Crippen LogP) is 0.531. The summed E-state index contributed by atoms with van der Waals surface area (Å²) in [4.78, 5) is 11.5. The van der Waals surface area contributed by atoms with Gasteiger partial charge in [-0.15, -0.1) is 0 Å². The number of hydrogen-bond donors (Lipinski definition) is 3. The quantitative estimate of drug-likeness (QED) is 0.292. The second-order valence-electron chi connectivity index (χ2n) is 2.93. The van der Waals surface area contributed by atoms with Crippen LogP contribution in [0.2, 0.25) is 0 Å². The van der Waals surface area contributed by atoms with Crippen LogP contribution in [-0.4, -0.2) is 23.5 Å². The molecule has 1 amide bonds. The maximum absolute atomic E-state index is 11.5. The number of nitrogens with zero attached hydrogens (tertiary/aromatic N) is 1. The van der Waals surface area contributed by atoms with Crippen LogP contribution in [0.5, 0.6) is 0 Å². The van der Waals surface area contributed by atoms with Crippen molar-refractivity contribution in [2.75, 3.05) is 6.54 Å². The molecule has 80 valence electrons. The first-order valence-corrected chi connectivity index (χ1v) is 4.55. The molecule has 1 aromatic rings. The van der Waals surface area contributed by atoms with Gasteiger partial charge in [-0.05, 0) is 19.1 Å². The minimum absolute atomic E-state index is 0.0128. The van der Waals surface area contributed by atoms with Crippen molar-refractivity contribution in [2.45, 2.75) is 6.92 Å². The molecule has 5 nitrogen and oxygen atoms in total. The van der Waals surface area contributed by atoms with Crippen molar-refractivity contribution < 1.29 is 10.0 Å². The van der Waals surface area contributed by atoms with E-state index in [1.54, 1.807) is 24.3 Å². The van der Waals surface area contributed by atoms with E-state index in [1.807, 2.05) is 6.92 Å². The molecule has 0 radical (unpaired) electrons. The summed E-state index contributed by atoms with van der Waals surface area (Å²) in [5.74, 6) is -0.189. The number of nitrogens with two attached hydrogens (primary N) is 1.